The molecule has 1 aromatic rings. The van der Waals surface area contributed by atoms with Crippen LogP contribution in [0.1, 0.15) is 30.3 Å². The van der Waals surface area contributed by atoms with Gasteiger partial charge in [-0.1, -0.05) is 13.3 Å². The first-order valence-corrected chi connectivity index (χ1v) is 5.31. The summed E-state index contributed by atoms with van der Waals surface area (Å²) in [5.74, 6) is -0.0552. The molecule has 0 bridgehead atoms. The second-order valence-electron chi connectivity index (χ2n) is 3.30. The van der Waals surface area contributed by atoms with E-state index < -0.39 is 0 Å². The van der Waals surface area contributed by atoms with Crippen LogP contribution in [0, 0.1) is 0 Å². The largest absolute Gasteiger partial charge is 0.440 e. The van der Waals surface area contributed by atoms with Gasteiger partial charge in [-0.15, -0.1) is 0 Å². The van der Waals surface area contributed by atoms with E-state index in [9.17, 15) is 4.79 Å². The predicted molar refractivity (Wildman–Crippen MR) is 58.9 cm³/mol. The fourth-order valence-electron chi connectivity index (χ4n) is 1.29. The van der Waals surface area contributed by atoms with Crippen molar-refractivity contribution in [2.75, 3.05) is 6.54 Å². The Hall–Kier alpha value is -1.00. The summed E-state index contributed by atoms with van der Waals surface area (Å²) in [6, 6.07) is 3.07. The Morgan fingerprint density at radius 3 is 2.87 bits per heavy atom. The minimum atomic E-state index is -0.272. The lowest BCUT2D eigenvalue weighted by Crippen LogP contribution is -2.39. The van der Waals surface area contributed by atoms with Crippen LogP contribution >= 0.6 is 11.6 Å². The van der Waals surface area contributed by atoms with E-state index in [2.05, 4.69) is 5.32 Å². The molecule has 15 heavy (non-hydrogen) atoms. The highest BCUT2D eigenvalue weighted by Gasteiger charge is 2.14. The minimum Gasteiger partial charge on any atom is -0.440 e. The molecule has 1 rings (SSSR count). The van der Waals surface area contributed by atoms with Crippen molar-refractivity contribution in [1.29, 1.82) is 0 Å². The normalized spacial score (nSPS) is 12.5. The molecule has 1 atom stereocenters. The van der Waals surface area contributed by atoms with Crippen molar-refractivity contribution in [3.05, 3.63) is 23.1 Å². The molecule has 0 saturated heterocycles. The van der Waals surface area contributed by atoms with E-state index >= 15 is 0 Å². The molecule has 0 aliphatic rings. The van der Waals surface area contributed by atoms with E-state index in [1.54, 1.807) is 0 Å². The van der Waals surface area contributed by atoms with Crippen molar-refractivity contribution in [3.8, 4) is 0 Å². The van der Waals surface area contributed by atoms with Gasteiger partial charge in [0.1, 0.15) is 0 Å². The maximum atomic E-state index is 11.6. The van der Waals surface area contributed by atoms with Gasteiger partial charge in [0.2, 0.25) is 0 Å². The molecule has 1 aromatic heterocycles. The number of hydrogen-bond acceptors (Lipinski definition) is 3. The summed E-state index contributed by atoms with van der Waals surface area (Å²) in [4.78, 5) is 11.6. The van der Waals surface area contributed by atoms with Gasteiger partial charge in [0.25, 0.3) is 5.91 Å². The summed E-state index contributed by atoms with van der Waals surface area (Å²) in [7, 11) is 0. The summed E-state index contributed by atoms with van der Waals surface area (Å²) >= 11 is 5.56. The molecule has 0 aromatic carbocycles. The van der Waals surface area contributed by atoms with E-state index in [1.165, 1.54) is 12.1 Å². The van der Waals surface area contributed by atoms with Crippen molar-refractivity contribution < 1.29 is 9.21 Å². The molecule has 1 heterocycles. The van der Waals surface area contributed by atoms with Crippen molar-refractivity contribution in [2.24, 2.45) is 5.73 Å². The quantitative estimate of drug-likeness (QED) is 0.811. The second-order valence-corrected chi connectivity index (χ2v) is 3.67. The van der Waals surface area contributed by atoms with Gasteiger partial charge in [0.05, 0.1) is 0 Å². The lowest BCUT2D eigenvalue weighted by molar-refractivity contribution is 0.0908. The molecule has 1 unspecified atom stereocenters. The highest BCUT2D eigenvalue weighted by atomic mass is 35.5. The monoisotopic (exact) mass is 230 g/mol. The lowest BCUT2D eigenvalue weighted by atomic mass is 10.1. The average Bonchev–Trinajstić information content (AvgIpc) is 2.64. The number of nitrogens with two attached hydrogens (primary N) is 1. The Kier molecular flexibility index (Phi) is 4.65. The summed E-state index contributed by atoms with van der Waals surface area (Å²) < 4.78 is 4.98. The fourth-order valence-corrected chi connectivity index (χ4v) is 1.44. The zero-order chi connectivity index (χ0) is 11.3. The van der Waals surface area contributed by atoms with Crippen LogP contribution in [0.15, 0.2) is 16.5 Å². The van der Waals surface area contributed by atoms with Crippen LogP contribution in [0.5, 0.6) is 0 Å². The third-order valence-corrected chi connectivity index (χ3v) is 2.26. The second kappa shape index (κ2) is 5.78. The number of amides is 1. The molecule has 4 nitrogen and oxygen atoms in total. The third kappa shape index (κ3) is 3.57. The standard InChI is InChI=1S/C10H15ClN2O2/c1-2-3-7(6-12)13-10(14)8-4-5-9(11)15-8/h4-5,7H,2-3,6,12H2,1H3,(H,13,14). The van der Waals surface area contributed by atoms with Crippen molar-refractivity contribution in [3.63, 3.8) is 0 Å². The highest BCUT2D eigenvalue weighted by molar-refractivity contribution is 6.29. The van der Waals surface area contributed by atoms with Crippen LogP contribution in [-0.2, 0) is 0 Å². The Morgan fingerprint density at radius 2 is 2.40 bits per heavy atom. The summed E-state index contributed by atoms with van der Waals surface area (Å²) in [6.07, 6.45) is 1.83. The van der Waals surface area contributed by atoms with Gasteiger partial charge in [-0.3, -0.25) is 4.79 Å². The molecule has 5 heteroatoms. The van der Waals surface area contributed by atoms with Crippen molar-refractivity contribution in [1.82, 2.24) is 5.32 Å². The Bertz CT molecular complexity index is 325. The molecule has 84 valence electrons. The number of hydrogen-bond donors (Lipinski definition) is 2. The molecular weight excluding hydrogens is 216 g/mol. The van der Waals surface area contributed by atoms with Gasteiger partial charge in [-0.05, 0) is 30.2 Å². The average molecular weight is 231 g/mol. The van der Waals surface area contributed by atoms with Crippen LogP contribution in [0.3, 0.4) is 0 Å². The maximum Gasteiger partial charge on any atom is 0.287 e. The predicted octanol–water partition coefficient (Wildman–Crippen LogP) is 1.79. The first kappa shape index (κ1) is 12.1. The molecular formula is C10H15ClN2O2. The van der Waals surface area contributed by atoms with Gasteiger partial charge in [0.15, 0.2) is 11.0 Å². The van der Waals surface area contributed by atoms with Gasteiger partial charge < -0.3 is 15.5 Å². The molecule has 1 amide bonds. The first-order valence-electron chi connectivity index (χ1n) is 4.93. The van der Waals surface area contributed by atoms with Crippen LogP contribution in [0.4, 0.5) is 0 Å². The number of halogens is 1. The molecule has 0 aliphatic carbocycles. The number of nitrogens with one attached hydrogen (secondary N) is 1. The van der Waals surface area contributed by atoms with Gasteiger partial charge in [-0.25, -0.2) is 0 Å². The van der Waals surface area contributed by atoms with Gasteiger partial charge in [0, 0.05) is 12.6 Å². The van der Waals surface area contributed by atoms with Crippen LogP contribution in [0.25, 0.3) is 0 Å². The first-order chi connectivity index (χ1) is 7.17. The number of furan rings is 1. The Labute approximate surface area is 93.8 Å². The Balaban J connectivity index is 2.54. The smallest absolute Gasteiger partial charge is 0.287 e. The number of rotatable bonds is 5. The molecule has 0 aliphatic heterocycles. The van der Waals surface area contributed by atoms with Crippen LogP contribution in [-0.4, -0.2) is 18.5 Å². The molecule has 3 N–H and O–H groups in total. The SMILES string of the molecule is CCCC(CN)NC(=O)c1ccc(Cl)o1. The van der Waals surface area contributed by atoms with Crippen molar-refractivity contribution >= 4 is 17.5 Å². The summed E-state index contributed by atoms with van der Waals surface area (Å²) in [6.45, 7) is 2.46. The van der Waals surface area contributed by atoms with E-state index in [4.69, 9.17) is 21.8 Å². The molecule has 0 fully saturated rings. The molecule has 0 radical (unpaired) electrons. The van der Waals surface area contributed by atoms with Crippen LogP contribution in [0.2, 0.25) is 5.22 Å². The number of carbonyl (C=O) groups excluding carboxylic acids is 1. The molecule has 0 saturated carbocycles. The fraction of sp³-hybridized carbons (Fsp3) is 0.500. The Morgan fingerprint density at radius 1 is 1.67 bits per heavy atom. The topological polar surface area (TPSA) is 68.3 Å². The highest BCUT2D eigenvalue weighted by Crippen LogP contribution is 2.13. The minimum absolute atomic E-state index is 0.00799. The van der Waals surface area contributed by atoms with Crippen molar-refractivity contribution in [2.45, 2.75) is 25.8 Å². The van der Waals surface area contributed by atoms with Gasteiger partial charge >= 0.3 is 0 Å². The number of carbonyl (C=O) groups is 1. The zero-order valence-electron chi connectivity index (χ0n) is 8.63. The lowest BCUT2D eigenvalue weighted by Gasteiger charge is -2.14. The molecule has 0 spiro atoms. The van der Waals surface area contributed by atoms with E-state index in [0.717, 1.165) is 12.8 Å². The van der Waals surface area contributed by atoms with E-state index in [1.807, 2.05) is 6.92 Å². The zero-order valence-corrected chi connectivity index (χ0v) is 9.38. The third-order valence-electron chi connectivity index (χ3n) is 2.05. The summed E-state index contributed by atoms with van der Waals surface area (Å²) in [5.41, 5.74) is 5.52. The summed E-state index contributed by atoms with van der Waals surface area (Å²) in [5, 5.41) is 2.99. The van der Waals surface area contributed by atoms with Crippen LogP contribution < -0.4 is 11.1 Å². The van der Waals surface area contributed by atoms with E-state index in [-0.39, 0.29) is 22.9 Å². The van der Waals surface area contributed by atoms with E-state index in [0.29, 0.717) is 6.54 Å². The van der Waals surface area contributed by atoms with Gasteiger partial charge in [-0.2, -0.15) is 0 Å². The maximum absolute atomic E-state index is 11.6.